The molecule has 168 valence electrons. The number of carbonyl (C=O) groups excluding carboxylic acids is 3. The van der Waals surface area contributed by atoms with E-state index in [1.165, 1.54) is 0 Å². The topological polar surface area (TPSA) is 84.9 Å². The molecule has 1 saturated heterocycles. The van der Waals surface area contributed by atoms with Gasteiger partial charge in [0.2, 0.25) is 5.91 Å². The molecule has 1 fully saturated rings. The SMILES string of the molecule is CCOc1ccc(NC(=O)CN2C(=O)S/C(=C/c3ccccc3O[C@H](C)CC)C2=O)cc1. The van der Waals surface area contributed by atoms with Gasteiger partial charge in [0.25, 0.3) is 11.1 Å². The van der Waals surface area contributed by atoms with Gasteiger partial charge in [-0.3, -0.25) is 19.3 Å². The molecule has 1 N–H and O–H groups in total. The number of benzene rings is 2. The normalized spacial score (nSPS) is 15.7. The number of rotatable bonds is 9. The van der Waals surface area contributed by atoms with Gasteiger partial charge in [0, 0.05) is 11.3 Å². The van der Waals surface area contributed by atoms with E-state index in [1.54, 1.807) is 30.3 Å². The van der Waals surface area contributed by atoms with Crippen LogP contribution in [0, 0.1) is 0 Å². The number of para-hydroxylation sites is 1. The molecule has 0 radical (unpaired) electrons. The molecule has 1 aliphatic rings. The van der Waals surface area contributed by atoms with Crippen LogP contribution in [0.5, 0.6) is 11.5 Å². The quantitative estimate of drug-likeness (QED) is 0.541. The van der Waals surface area contributed by atoms with Crippen LogP contribution in [0.1, 0.15) is 32.8 Å². The predicted octanol–water partition coefficient (Wildman–Crippen LogP) is 4.94. The van der Waals surface area contributed by atoms with Crippen LogP contribution >= 0.6 is 11.8 Å². The van der Waals surface area contributed by atoms with Crippen LogP contribution in [0.25, 0.3) is 6.08 Å². The number of amides is 3. The van der Waals surface area contributed by atoms with Crippen molar-refractivity contribution in [2.24, 2.45) is 0 Å². The number of nitrogens with one attached hydrogen (secondary N) is 1. The second-order valence-electron chi connectivity index (χ2n) is 7.15. The third-order valence-electron chi connectivity index (χ3n) is 4.73. The minimum Gasteiger partial charge on any atom is -0.494 e. The molecule has 1 aliphatic heterocycles. The van der Waals surface area contributed by atoms with Gasteiger partial charge >= 0.3 is 0 Å². The number of carbonyl (C=O) groups is 3. The highest BCUT2D eigenvalue weighted by atomic mass is 32.2. The lowest BCUT2D eigenvalue weighted by Crippen LogP contribution is -2.36. The molecule has 0 bridgehead atoms. The van der Waals surface area contributed by atoms with E-state index in [9.17, 15) is 14.4 Å². The van der Waals surface area contributed by atoms with Gasteiger partial charge in [0.15, 0.2) is 0 Å². The lowest BCUT2D eigenvalue weighted by atomic mass is 10.1. The summed E-state index contributed by atoms with van der Waals surface area (Å²) in [4.78, 5) is 38.8. The maximum Gasteiger partial charge on any atom is 0.294 e. The van der Waals surface area contributed by atoms with Crippen molar-refractivity contribution in [3.8, 4) is 11.5 Å². The van der Waals surface area contributed by atoms with Crippen LogP contribution in [0.3, 0.4) is 0 Å². The molecule has 0 unspecified atom stereocenters. The summed E-state index contributed by atoms with van der Waals surface area (Å²) in [6.07, 6.45) is 2.49. The smallest absolute Gasteiger partial charge is 0.294 e. The number of imide groups is 1. The van der Waals surface area contributed by atoms with E-state index in [4.69, 9.17) is 9.47 Å². The van der Waals surface area contributed by atoms with Crippen LogP contribution in [-0.4, -0.2) is 41.2 Å². The molecular formula is C24H26N2O5S. The summed E-state index contributed by atoms with van der Waals surface area (Å²) in [5.41, 5.74) is 1.26. The van der Waals surface area contributed by atoms with Crippen molar-refractivity contribution in [1.29, 1.82) is 0 Å². The number of hydrogen-bond acceptors (Lipinski definition) is 6. The molecule has 0 aliphatic carbocycles. The Morgan fingerprint density at radius 1 is 1.12 bits per heavy atom. The molecule has 2 aromatic carbocycles. The third-order valence-corrected chi connectivity index (χ3v) is 5.64. The standard InChI is InChI=1S/C24H26N2O5S/c1-4-16(3)31-20-9-7-6-8-17(20)14-21-23(28)26(24(29)32-21)15-22(27)25-18-10-12-19(13-11-18)30-5-2/h6-14,16H,4-5,15H2,1-3H3,(H,25,27)/b21-14+/t16-/m1/s1. The van der Waals surface area contributed by atoms with E-state index in [0.717, 1.165) is 23.1 Å². The number of nitrogens with zero attached hydrogens (tertiary/aromatic N) is 1. The first kappa shape index (κ1) is 23.4. The van der Waals surface area contributed by atoms with Gasteiger partial charge in [0.1, 0.15) is 18.0 Å². The van der Waals surface area contributed by atoms with Crippen molar-refractivity contribution in [2.75, 3.05) is 18.5 Å². The summed E-state index contributed by atoms with van der Waals surface area (Å²) in [6, 6.07) is 14.2. The van der Waals surface area contributed by atoms with Crippen molar-refractivity contribution in [1.82, 2.24) is 4.90 Å². The minimum atomic E-state index is -0.500. The Balaban J connectivity index is 1.68. The molecule has 1 atom stereocenters. The third kappa shape index (κ3) is 5.91. The number of thioether (sulfide) groups is 1. The molecule has 2 aromatic rings. The molecule has 32 heavy (non-hydrogen) atoms. The summed E-state index contributed by atoms with van der Waals surface area (Å²) in [6.45, 7) is 6.06. The second kappa shape index (κ2) is 10.9. The Labute approximate surface area is 191 Å². The Bertz CT molecular complexity index is 1020. The van der Waals surface area contributed by atoms with Crippen LogP contribution < -0.4 is 14.8 Å². The van der Waals surface area contributed by atoms with Gasteiger partial charge in [-0.2, -0.15) is 0 Å². The maximum atomic E-state index is 12.8. The van der Waals surface area contributed by atoms with Crippen molar-refractivity contribution < 1.29 is 23.9 Å². The zero-order chi connectivity index (χ0) is 23.1. The molecule has 0 aromatic heterocycles. The summed E-state index contributed by atoms with van der Waals surface area (Å²) in [5.74, 6) is 0.375. The van der Waals surface area contributed by atoms with E-state index >= 15 is 0 Å². The highest BCUT2D eigenvalue weighted by Crippen LogP contribution is 2.34. The highest BCUT2D eigenvalue weighted by Gasteiger charge is 2.36. The molecule has 0 spiro atoms. The number of ether oxygens (including phenoxy) is 2. The average Bonchev–Trinajstić information content (AvgIpc) is 3.04. The van der Waals surface area contributed by atoms with Crippen molar-refractivity contribution in [3.05, 3.63) is 59.0 Å². The molecule has 3 amide bonds. The molecule has 3 rings (SSSR count). The highest BCUT2D eigenvalue weighted by molar-refractivity contribution is 8.18. The minimum absolute atomic E-state index is 0.0194. The summed E-state index contributed by atoms with van der Waals surface area (Å²) in [7, 11) is 0. The van der Waals surface area contributed by atoms with Crippen molar-refractivity contribution >= 4 is 40.6 Å². The first-order valence-corrected chi connectivity index (χ1v) is 11.3. The van der Waals surface area contributed by atoms with E-state index in [2.05, 4.69) is 5.32 Å². The van der Waals surface area contributed by atoms with Crippen molar-refractivity contribution in [3.63, 3.8) is 0 Å². The summed E-state index contributed by atoms with van der Waals surface area (Å²) >= 11 is 0.812. The molecule has 1 heterocycles. The fourth-order valence-electron chi connectivity index (χ4n) is 2.93. The zero-order valence-corrected chi connectivity index (χ0v) is 19.1. The van der Waals surface area contributed by atoms with E-state index in [1.807, 2.05) is 45.0 Å². The molecule has 0 saturated carbocycles. The molecular weight excluding hydrogens is 428 g/mol. The first-order chi connectivity index (χ1) is 15.4. The summed E-state index contributed by atoms with van der Waals surface area (Å²) < 4.78 is 11.3. The van der Waals surface area contributed by atoms with E-state index in [0.29, 0.717) is 29.4 Å². The Kier molecular flexibility index (Phi) is 7.94. The fourth-order valence-corrected chi connectivity index (χ4v) is 3.76. The molecule has 7 nitrogen and oxygen atoms in total. The monoisotopic (exact) mass is 454 g/mol. The summed E-state index contributed by atoms with van der Waals surface area (Å²) in [5, 5.41) is 2.21. The second-order valence-corrected chi connectivity index (χ2v) is 8.14. The Morgan fingerprint density at radius 2 is 1.84 bits per heavy atom. The molecule has 8 heteroatoms. The van der Waals surface area contributed by atoms with Crippen molar-refractivity contribution in [2.45, 2.75) is 33.3 Å². The van der Waals surface area contributed by atoms with Crippen LogP contribution in [-0.2, 0) is 9.59 Å². The Hall–Kier alpha value is -3.26. The largest absolute Gasteiger partial charge is 0.494 e. The maximum absolute atomic E-state index is 12.8. The van der Waals surface area contributed by atoms with Gasteiger partial charge < -0.3 is 14.8 Å². The zero-order valence-electron chi connectivity index (χ0n) is 18.3. The van der Waals surface area contributed by atoms with Crippen LogP contribution in [0.15, 0.2) is 53.4 Å². The van der Waals surface area contributed by atoms with Gasteiger partial charge in [-0.05, 0) is 68.4 Å². The predicted molar refractivity (Wildman–Crippen MR) is 126 cm³/mol. The fraction of sp³-hybridized carbons (Fsp3) is 0.292. The average molecular weight is 455 g/mol. The number of anilines is 1. The van der Waals surface area contributed by atoms with E-state index < -0.39 is 17.1 Å². The number of hydrogen-bond donors (Lipinski definition) is 1. The lowest BCUT2D eigenvalue weighted by Gasteiger charge is -2.15. The van der Waals surface area contributed by atoms with Crippen LogP contribution in [0.4, 0.5) is 10.5 Å². The van der Waals surface area contributed by atoms with Gasteiger partial charge in [-0.15, -0.1) is 0 Å². The van der Waals surface area contributed by atoms with E-state index in [-0.39, 0.29) is 17.6 Å². The van der Waals surface area contributed by atoms with Gasteiger partial charge in [-0.25, -0.2) is 0 Å². The van der Waals surface area contributed by atoms with Gasteiger partial charge in [-0.1, -0.05) is 25.1 Å². The van der Waals surface area contributed by atoms with Crippen LogP contribution in [0.2, 0.25) is 0 Å². The first-order valence-electron chi connectivity index (χ1n) is 10.4. The lowest BCUT2D eigenvalue weighted by molar-refractivity contribution is -0.127. The Morgan fingerprint density at radius 3 is 2.53 bits per heavy atom. The van der Waals surface area contributed by atoms with Gasteiger partial charge in [0.05, 0.1) is 17.6 Å².